The molecule has 0 amide bonds. The molecule has 140 valence electrons. The van der Waals surface area contributed by atoms with E-state index in [2.05, 4.69) is 22.0 Å². The fourth-order valence-electron chi connectivity index (χ4n) is 3.12. The molecule has 2 heterocycles. The van der Waals surface area contributed by atoms with Gasteiger partial charge in [0.25, 0.3) is 6.23 Å². The Bertz CT molecular complexity index is 641. The Hall–Kier alpha value is -2.22. The van der Waals surface area contributed by atoms with Crippen molar-refractivity contribution in [2.24, 2.45) is 5.16 Å². The van der Waals surface area contributed by atoms with Gasteiger partial charge in [-0.2, -0.15) is 0 Å². The second-order valence-electron chi connectivity index (χ2n) is 6.74. The quantitative estimate of drug-likeness (QED) is 0.715. The second kappa shape index (κ2) is 8.93. The zero-order chi connectivity index (χ0) is 18.4. The Kier molecular flexibility index (Phi) is 6.38. The molecule has 1 N–H and O–H groups in total. The van der Waals surface area contributed by atoms with Gasteiger partial charge in [0.1, 0.15) is 0 Å². The van der Waals surface area contributed by atoms with Gasteiger partial charge in [-0.05, 0) is 18.7 Å². The zero-order valence-electron chi connectivity index (χ0n) is 15.1. The molecule has 0 spiro atoms. The molecule has 0 radical (unpaired) electrons. The summed E-state index contributed by atoms with van der Waals surface area (Å²) >= 11 is 0. The standard InChI is InChI=1S/C19H26N4O3/c1-21-9-11-22(12-10-21)13-17(25)14-23-18(20-26-19(23)15-24)8-7-16-5-3-2-4-6-16/h2-8,15,17,19,25H,9-14H2,1H3. The van der Waals surface area contributed by atoms with Gasteiger partial charge in [0.2, 0.25) is 0 Å². The fraction of sp³-hybridized carbons (Fsp3) is 0.474. The van der Waals surface area contributed by atoms with Crippen LogP contribution in [0.15, 0.2) is 41.6 Å². The van der Waals surface area contributed by atoms with Gasteiger partial charge in [0.15, 0.2) is 12.1 Å². The molecule has 2 unspecified atom stereocenters. The Morgan fingerprint density at radius 2 is 1.92 bits per heavy atom. The number of rotatable bonds is 7. The molecule has 0 bridgehead atoms. The predicted octanol–water partition coefficient (Wildman–Crippen LogP) is 0.479. The molecule has 2 atom stereocenters. The molecule has 1 saturated heterocycles. The number of carbonyl (C=O) groups excluding carboxylic acids is 1. The number of aliphatic hydroxyl groups is 1. The highest BCUT2D eigenvalue weighted by Gasteiger charge is 2.30. The average molecular weight is 358 g/mol. The Balaban J connectivity index is 1.58. The second-order valence-corrected chi connectivity index (χ2v) is 6.74. The summed E-state index contributed by atoms with van der Waals surface area (Å²) < 4.78 is 0. The van der Waals surface area contributed by atoms with Crippen LogP contribution in [-0.2, 0) is 9.63 Å². The maximum atomic E-state index is 11.3. The van der Waals surface area contributed by atoms with Crippen molar-refractivity contribution in [2.45, 2.75) is 12.3 Å². The Morgan fingerprint density at radius 3 is 2.62 bits per heavy atom. The van der Waals surface area contributed by atoms with Gasteiger partial charge >= 0.3 is 0 Å². The van der Waals surface area contributed by atoms with Crippen LogP contribution in [0.4, 0.5) is 0 Å². The lowest BCUT2D eigenvalue weighted by Gasteiger charge is -2.34. The summed E-state index contributed by atoms with van der Waals surface area (Å²) in [4.78, 5) is 22.7. The molecule has 0 saturated carbocycles. The van der Waals surface area contributed by atoms with Gasteiger partial charge in [-0.15, -0.1) is 0 Å². The third-order valence-electron chi connectivity index (χ3n) is 4.67. The minimum Gasteiger partial charge on any atom is -0.390 e. The van der Waals surface area contributed by atoms with Crippen LogP contribution in [0.2, 0.25) is 0 Å². The van der Waals surface area contributed by atoms with E-state index in [0.717, 1.165) is 31.7 Å². The maximum Gasteiger partial charge on any atom is 0.257 e. The number of benzene rings is 1. The number of aldehydes is 1. The van der Waals surface area contributed by atoms with Gasteiger partial charge in [-0.1, -0.05) is 41.6 Å². The number of hydrogen-bond donors (Lipinski definition) is 1. The van der Waals surface area contributed by atoms with Crippen molar-refractivity contribution < 1.29 is 14.7 Å². The van der Waals surface area contributed by atoms with Crippen molar-refractivity contribution in [1.29, 1.82) is 0 Å². The van der Waals surface area contributed by atoms with Gasteiger partial charge in [0.05, 0.1) is 12.6 Å². The summed E-state index contributed by atoms with van der Waals surface area (Å²) in [7, 11) is 2.10. The maximum absolute atomic E-state index is 11.3. The highest BCUT2D eigenvalue weighted by Crippen LogP contribution is 2.14. The summed E-state index contributed by atoms with van der Waals surface area (Å²) in [5.74, 6) is 0.545. The molecule has 0 aliphatic carbocycles. The molecule has 2 aliphatic heterocycles. The number of β-amino-alcohol motifs (C(OH)–C–C–N with tert-alkyl or cyclic N) is 1. The SMILES string of the molecule is CN1CCN(CC(O)CN2C(C=Cc3ccccc3)=NOC2C=O)CC1. The van der Waals surface area contributed by atoms with Crippen LogP contribution in [0.1, 0.15) is 5.56 Å². The summed E-state index contributed by atoms with van der Waals surface area (Å²) in [6.07, 6.45) is 3.05. The number of carbonyl (C=O) groups is 1. The van der Waals surface area contributed by atoms with E-state index in [0.29, 0.717) is 25.2 Å². The Labute approximate surface area is 154 Å². The van der Waals surface area contributed by atoms with E-state index < -0.39 is 12.3 Å². The number of likely N-dealkylation sites (N-methyl/N-ethyl adjacent to an activating group) is 1. The number of piperazine rings is 1. The molecule has 1 aromatic carbocycles. The normalized spacial score (nSPS) is 23.1. The lowest BCUT2D eigenvalue weighted by Crippen LogP contribution is -2.50. The molecule has 2 aliphatic rings. The van der Waals surface area contributed by atoms with Crippen LogP contribution in [0.5, 0.6) is 0 Å². The first kappa shape index (κ1) is 18.6. The van der Waals surface area contributed by atoms with Crippen LogP contribution in [0, 0.1) is 0 Å². The molecular weight excluding hydrogens is 332 g/mol. The molecular formula is C19H26N4O3. The molecule has 0 aromatic heterocycles. The molecule has 26 heavy (non-hydrogen) atoms. The van der Waals surface area contributed by atoms with E-state index in [4.69, 9.17) is 4.84 Å². The van der Waals surface area contributed by atoms with Crippen molar-refractivity contribution >= 4 is 18.2 Å². The van der Waals surface area contributed by atoms with Crippen molar-refractivity contribution in [3.63, 3.8) is 0 Å². The number of hydrogen-bond acceptors (Lipinski definition) is 7. The zero-order valence-corrected chi connectivity index (χ0v) is 15.1. The number of oxime groups is 1. The van der Waals surface area contributed by atoms with E-state index >= 15 is 0 Å². The summed E-state index contributed by atoms with van der Waals surface area (Å²) in [5, 5.41) is 14.5. The summed E-state index contributed by atoms with van der Waals surface area (Å²) in [6.45, 7) is 4.76. The Morgan fingerprint density at radius 1 is 1.19 bits per heavy atom. The number of nitrogens with zero attached hydrogens (tertiary/aromatic N) is 4. The largest absolute Gasteiger partial charge is 0.390 e. The summed E-state index contributed by atoms with van der Waals surface area (Å²) in [5.41, 5.74) is 1.03. The topological polar surface area (TPSA) is 68.6 Å². The van der Waals surface area contributed by atoms with Gasteiger partial charge in [0, 0.05) is 32.7 Å². The van der Waals surface area contributed by atoms with Gasteiger partial charge in [-0.3, -0.25) is 9.69 Å². The highest BCUT2D eigenvalue weighted by atomic mass is 16.7. The molecule has 3 rings (SSSR count). The van der Waals surface area contributed by atoms with Gasteiger partial charge in [-0.25, -0.2) is 0 Å². The van der Waals surface area contributed by atoms with Crippen LogP contribution >= 0.6 is 0 Å². The lowest BCUT2D eigenvalue weighted by molar-refractivity contribution is -0.123. The minimum atomic E-state index is -0.785. The van der Waals surface area contributed by atoms with Crippen LogP contribution in [0.25, 0.3) is 6.08 Å². The van der Waals surface area contributed by atoms with Crippen LogP contribution in [-0.4, -0.2) is 90.6 Å². The fourth-order valence-corrected chi connectivity index (χ4v) is 3.12. The van der Waals surface area contributed by atoms with E-state index in [1.165, 1.54) is 0 Å². The van der Waals surface area contributed by atoms with Crippen molar-refractivity contribution in [1.82, 2.24) is 14.7 Å². The third-order valence-corrected chi connectivity index (χ3v) is 4.67. The van der Waals surface area contributed by atoms with Crippen molar-refractivity contribution in [3.8, 4) is 0 Å². The summed E-state index contributed by atoms with van der Waals surface area (Å²) in [6, 6.07) is 9.83. The monoisotopic (exact) mass is 358 g/mol. The molecule has 7 heteroatoms. The average Bonchev–Trinajstić information content (AvgIpc) is 3.04. The van der Waals surface area contributed by atoms with Gasteiger partial charge < -0.3 is 19.7 Å². The third kappa shape index (κ3) is 4.91. The van der Waals surface area contributed by atoms with E-state index in [-0.39, 0.29) is 0 Å². The minimum absolute atomic E-state index is 0.299. The van der Waals surface area contributed by atoms with Crippen LogP contribution < -0.4 is 0 Å². The van der Waals surface area contributed by atoms with Crippen LogP contribution in [0.3, 0.4) is 0 Å². The number of amidine groups is 1. The van der Waals surface area contributed by atoms with E-state index in [1.807, 2.05) is 36.4 Å². The first-order valence-corrected chi connectivity index (χ1v) is 8.93. The van der Waals surface area contributed by atoms with E-state index in [1.54, 1.807) is 11.0 Å². The lowest BCUT2D eigenvalue weighted by atomic mass is 10.2. The van der Waals surface area contributed by atoms with Crippen molar-refractivity contribution in [2.75, 3.05) is 46.3 Å². The highest BCUT2D eigenvalue weighted by molar-refractivity contribution is 5.98. The van der Waals surface area contributed by atoms with Crippen molar-refractivity contribution in [3.05, 3.63) is 42.0 Å². The molecule has 1 aromatic rings. The first-order chi connectivity index (χ1) is 12.7. The smallest absolute Gasteiger partial charge is 0.257 e. The first-order valence-electron chi connectivity index (χ1n) is 8.93. The number of aliphatic hydroxyl groups excluding tert-OH is 1. The molecule has 1 fully saturated rings. The van der Waals surface area contributed by atoms with E-state index in [9.17, 15) is 9.90 Å². The predicted molar refractivity (Wildman–Crippen MR) is 100 cm³/mol. The molecule has 7 nitrogen and oxygen atoms in total.